The molecule has 0 aliphatic carbocycles. The van der Waals surface area contributed by atoms with Crippen LogP contribution in [0.25, 0.3) is 11.0 Å². The van der Waals surface area contributed by atoms with Crippen molar-refractivity contribution in [1.29, 1.82) is 0 Å². The minimum absolute atomic E-state index is 0.0283. The molecule has 1 fully saturated rings. The van der Waals surface area contributed by atoms with E-state index in [1.165, 1.54) is 0 Å². The number of hydrogen-bond donors (Lipinski definition) is 1. The molecule has 1 aliphatic rings. The highest BCUT2D eigenvalue weighted by atomic mass is 16.5. The highest BCUT2D eigenvalue weighted by Crippen LogP contribution is 2.24. The van der Waals surface area contributed by atoms with Gasteiger partial charge in [-0.25, -0.2) is 4.98 Å². The van der Waals surface area contributed by atoms with E-state index in [1.54, 1.807) is 12.0 Å². The summed E-state index contributed by atoms with van der Waals surface area (Å²) < 4.78 is 7.07. The number of amides is 2. The fraction of sp³-hybridized carbons (Fsp3) is 0.526. The molecule has 7 nitrogen and oxygen atoms in total. The van der Waals surface area contributed by atoms with E-state index in [9.17, 15) is 9.59 Å². The van der Waals surface area contributed by atoms with E-state index >= 15 is 0 Å². The zero-order valence-corrected chi connectivity index (χ0v) is 15.6. The molecule has 0 spiro atoms. The van der Waals surface area contributed by atoms with Gasteiger partial charge in [-0.1, -0.05) is 12.1 Å². The van der Waals surface area contributed by atoms with E-state index in [4.69, 9.17) is 4.74 Å². The lowest BCUT2D eigenvalue weighted by Crippen LogP contribution is -2.52. The number of methoxy groups -OCH3 is 1. The van der Waals surface area contributed by atoms with Crippen LogP contribution in [0.2, 0.25) is 0 Å². The quantitative estimate of drug-likeness (QED) is 0.848. The summed E-state index contributed by atoms with van der Waals surface area (Å²) in [5.74, 6) is 0.669. The van der Waals surface area contributed by atoms with Gasteiger partial charge in [-0.05, 0) is 25.5 Å². The van der Waals surface area contributed by atoms with Crippen molar-refractivity contribution < 1.29 is 14.3 Å². The van der Waals surface area contributed by atoms with Gasteiger partial charge in [-0.15, -0.1) is 0 Å². The van der Waals surface area contributed by atoms with Gasteiger partial charge in [0.1, 0.15) is 5.82 Å². The van der Waals surface area contributed by atoms with Crippen molar-refractivity contribution in [2.75, 3.05) is 20.3 Å². The first-order chi connectivity index (χ1) is 12.5. The van der Waals surface area contributed by atoms with Crippen LogP contribution in [0.4, 0.5) is 0 Å². The largest absolute Gasteiger partial charge is 0.383 e. The SMILES string of the molecule is COCCN1C(=O)CC[C@@H](C(=O)NCc2nc3ccccc3n2C)[C@H]1C. The number of aryl methyl sites for hydroxylation is 1. The van der Waals surface area contributed by atoms with Gasteiger partial charge in [0.25, 0.3) is 0 Å². The van der Waals surface area contributed by atoms with Gasteiger partial charge in [0.05, 0.1) is 30.1 Å². The lowest BCUT2D eigenvalue weighted by atomic mass is 9.89. The molecule has 2 atom stereocenters. The number of hydrogen-bond acceptors (Lipinski definition) is 4. The minimum atomic E-state index is -0.209. The summed E-state index contributed by atoms with van der Waals surface area (Å²) >= 11 is 0. The fourth-order valence-electron chi connectivity index (χ4n) is 3.63. The number of aromatic nitrogens is 2. The Hall–Kier alpha value is -2.41. The molecule has 7 heteroatoms. The monoisotopic (exact) mass is 358 g/mol. The zero-order chi connectivity index (χ0) is 18.7. The molecule has 1 aromatic carbocycles. The molecule has 2 amide bonds. The number of benzene rings is 1. The molecule has 1 N–H and O–H groups in total. The molecule has 140 valence electrons. The molecule has 0 radical (unpaired) electrons. The van der Waals surface area contributed by atoms with E-state index in [2.05, 4.69) is 10.3 Å². The van der Waals surface area contributed by atoms with Crippen molar-refractivity contribution in [1.82, 2.24) is 19.8 Å². The number of piperidine rings is 1. The maximum atomic E-state index is 12.7. The molecule has 3 rings (SSSR count). The summed E-state index contributed by atoms with van der Waals surface area (Å²) in [5, 5.41) is 3.00. The van der Waals surface area contributed by atoms with Crippen LogP contribution in [0.5, 0.6) is 0 Å². The molecular formula is C19H26N4O3. The summed E-state index contributed by atoms with van der Waals surface area (Å²) in [6.45, 7) is 3.31. The Balaban J connectivity index is 1.65. The highest BCUT2D eigenvalue weighted by Gasteiger charge is 2.36. The topological polar surface area (TPSA) is 76.5 Å². The summed E-state index contributed by atoms with van der Waals surface area (Å²) in [7, 11) is 3.56. The van der Waals surface area contributed by atoms with Gasteiger partial charge in [0.15, 0.2) is 0 Å². The minimum Gasteiger partial charge on any atom is -0.383 e. The van der Waals surface area contributed by atoms with Crippen molar-refractivity contribution in [3.8, 4) is 0 Å². The normalized spacial score (nSPS) is 20.6. The average molecular weight is 358 g/mol. The van der Waals surface area contributed by atoms with Crippen LogP contribution in [0.1, 0.15) is 25.6 Å². The van der Waals surface area contributed by atoms with E-state index < -0.39 is 0 Å². The van der Waals surface area contributed by atoms with E-state index in [-0.39, 0.29) is 23.8 Å². The van der Waals surface area contributed by atoms with Crippen LogP contribution in [0.3, 0.4) is 0 Å². The number of fused-ring (bicyclic) bond motifs is 1. The smallest absolute Gasteiger partial charge is 0.225 e. The maximum Gasteiger partial charge on any atom is 0.225 e. The predicted molar refractivity (Wildman–Crippen MR) is 98.3 cm³/mol. The highest BCUT2D eigenvalue weighted by molar-refractivity contribution is 5.84. The Kier molecular flexibility index (Phi) is 5.56. The van der Waals surface area contributed by atoms with E-state index in [0.717, 1.165) is 16.9 Å². The van der Waals surface area contributed by atoms with E-state index in [1.807, 2.05) is 42.8 Å². The van der Waals surface area contributed by atoms with Crippen LogP contribution in [-0.4, -0.2) is 52.6 Å². The first-order valence-electron chi connectivity index (χ1n) is 8.99. The molecule has 0 unspecified atom stereocenters. The number of likely N-dealkylation sites (tertiary alicyclic amines) is 1. The Labute approximate surface area is 153 Å². The van der Waals surface area contributed by atoms with Gasteiger partial charge in [0.2, 0.25) is 11.8 Å². The maximum absolute atomic E-state index is 12.7. The third kappa shape index (κ3) is 3.58. The second-order valence-electron chi connectivity index (χ2n) is 6.76. The number of nitrogens with zero attached hydrogens (tertiary/aromatic N) is 3. The molecule has 0 bridgehead atoms. The number of carbonyl (C=O) groups excluding carboxylic acids is 2. The second-order valence-corrected chi connectivity index (χ2v) is 6.76. The van der Waals surface area contributed by atoms with Crippen molar-refractivity contribution in [3.63, 3.8) is 0 Å². The Morgan fingerprint density at radius 3 is 2.88 bits per heavy atom. The van der Waals surface area contributed by atoms with Crippen molar-refractivity contribution in [2.45, 2.75) is 32.4 Å². The van der Waals surface area contributed by atoms with E-state index in [0.29, 0.717) is 32.5 Å². The van der Waals surface area contributed by atoms with Crippen LogP contribution < -0.4 is 5.32 Å². The Morgan fingerprint density at radius 2 is 2.15 bits per heavy atom. The lowest BCUT2D eigenvalue weighted by molar-refractivity contribution is -0.143. The second kappa shape index (κ2) is 7.86. The summed E-state index contributed by atoms with van der Waals surface area (Å²) in [4.78, 5) is 31.2. The van der Waals surface area contributed by atoms with Gasteiger partial charge in [-0.3, -0.25) is 9.59 Å². The summed E-state index contributed by atoms with van der Waals surface area (Å²) in [5.41, 5.74) is 1.96. The Morgan fingerprint density at radius 1 is 1.38 bits per heavy atom. The van der Waals surface area contributed by atoms with Crippen LogP contribution in [0, 0.1) is 5.92 Å². The van der Waals surface area contributed by atoms with Gasteiger partial charge in [-0.2, -0.15) is 0 Å². The third-order valence-electron chi connectivity index (χ3n) is 5.24. The molecule has 26 heavy (non-hydrogen) atoms. The van der Waals surface area contributed by atoms with Gasteiger partial charge >= 0.3 is 0 Å². The molecule has 2 heterocycles. The fourth-order valence-corrected chi connectivity index (χ4v) is 3.63. The molecular weight excluding hydrogens is 332 g/mol. The first kappa shape index (κ1) is 18.4. The summed E-state index contributed by atoms with van der Waals surface area (Å²) in [6, 6.07) is 7.76. The number of imidazole rings is 1. The zero-order valence-electron chi connectivity index (χ0n) is 15.6. The average Bonchev–Trinajstić information content (AvgIpc) is 2.96. The van der Waals surface area contributed by atoms with Gasteiger partial charge in [0, 0.05) is 33.2 Å². The molecule has 2 aromatic rings. The first-order valence-corrected chi connectivity index (χ1v) is 8.99. The molecule has 1 aromatic heterocycles. The number of nitrogens with one attached hydrogen (secondary N) is 1. The summed E-state index contributed by atoms with van der Waals surface area (Å²) in [6.07, 6.45) is 0.982. The number of ether oxygens (including phenoxy) is 1. The number of rotatable bonds is 6. The molecule has 0 saturated carbocycles. The lowest BCUT2D eigenvalue weighted by Gasteiger charge is -2.38. The number of carbonyl (C=O) groups is 2. The van der Waals surface area contributed by atoms with Crippen molar-refractivity contribution in [3.05, 3.63) is 30.1 Å². The van der Waals surface area contributed by atoms with Crippen molar-refractivity contribution in [2.24, 2.45) is 13.0 Å². The van der Waals surface area contributed by atoms with Crippen LogP contribution in [-0.2, 0) is 27.9 Å². The predicted octanol–water partition coefficient (Wildman–Crippen LogP) is 1.46. The molecule has 1 aliphatic heterocycles. The van der Waals surface area contributed by atoms with Crippen LogP contribution in [0.15, 0.2) is 24.3 Å². The van der Waals surface area contributed by atoms with Crippen LogP contribution >= 0.6 is 0 Å². The third-order valence-corrected chi connectivity index (χ3v) is 5.24. The standard InChI is InChI=1S/C19H26N4O3/c1-13-14(8-9-18(24)23(13)10-11-26-3)19(25)20-12-17-21-15-6-4-5-7-16(15)22(17)2/h4-7,13-14H,8-12H2,1-3H3,(H,20,25)/t13-,14-/m1/s1. The molecule has 1 saturated heterocycles. The Bertz CT molecular complexity index is 801. The van der Waals surface area contributed by atoms with Gasteiger partial charge < -0.3 is 19.5 Å². The number of para-hydroxylation sites is 2. The van der Waals surface area contributed by atoms with Crippen molar-refractivity contribution >= 4 is 22.8 Å².